The molecule has 0 spiro atoms. The molecule has 2 rings (SSSR count). The molecule has 0 saturated heterocycles. The number of hydrogen-bond acceptors (Lipinski definition) is 5. The van der Waals surface area contributed by atoms with Gasteiger partial charge in [0, 0.05) is 6.42 Å². The van der Waals surface area contributed by atoms with E-state index in [1.807, 2.05) is 0 Å². The number of ether oxygens (including phenoxy) is 2. The van der Waals surface area contributed by atoms with E-state index in [1.54, 1.807) is 18.2 Å². The van der Waals surface area contributed by atoms with Gasteiger partial charge in [0.25, 0.3) is 5.91 Å². The molecule has 1 aromatic carbocycles. The molecule has 7 heteroatoms. The molecular formula is C18H26NO5Si. The van der Waals surface area contributed by atoms with Crippen LogP contribution in [-0.4, -0.2) is 40.2 Å². The van der Waals surface area contributed by atoms with E-state index < -0.39 is 21.1 Å². The van der Waals surface area contributed by atoms with Crippen molar-refractivity contribution in [2.24, 2.45) is 5.41 Å². The van der Waals surface area contributed by atoms with Gasteiger partial charge in [0.1, 0.15) is 5.75 Å². The van der Waals surface area contributed by atoms with Gasteiger partial charge in [0.05, 0.1) is 24.5 Å². The number of anilines is 1. The average molecular weight is 364 g/mol. The fourth-order valence-corrected chi connectivity index (χ4v) is 3.63. The number of methoxy groups -OCH3 is 1. The third-order valence-electron chi connectivity index (χ3n) is 3.99. The quantitative estimate of drug-likeness (QED) is 0.641. The molecule has 25 heavy (non-hydrogen) atoms. The van der Waals surface area contributed by atoms with Crippen LogP contribution in [0.1, 0.15) is 37.6 Å². The van der Waals surface area contributed by atoms with Crippen LogP contribution in [0.2, 0.25) is 13.1 Å². The molecule has 0 aromatic heterocycles. The van der Waals surface area contributed by atoms with Crippen LogP contribution >= 0.6 is 0 Å². The lowest BCUT2D eigenvalue weighted by Gasteiger charge is -2.36. The van der Waals surface area contributed by atoms with Crippen LogP contribution in [0.5, 0.6) is 5.75 Å². The van der Waals surface area contributed by atoms with E-state index in [1.165, 1.54) is 7.11 Å². The zero-order valence-electron chi connectivity index (χ0n) is 15.6. The summed E-state index contributed by atoms with van der Waals surface area (Å²) in [7, 11) is 0.417. The molecule has 2 atom stereocenters. The fraction of sp³-hybridized carbons (Fsp3) is 0.556. The first-order valence-corrected chi connectivity index (χ1v) is 10.7. The number of carbonyl (C=O) groups is 2. The van der Waals surface area contributed by atoms with Crippen LogP contribution in [-0.2, 0) is 14.0 Å². The highest BCUT2D eigenvalue weighted by atomic mass is 28.3. The van der Waals surface area contributed by atoms with Crippen LogP contribution < -0.4 is 10.1 Å². The number of nitrogens with one attached hydrogen (secondary N) is 1. The zero-order chi connectivity index (χ0) is 18.8. The molecular weight excluding hydrogens is 338 g/mol. The first kappa shape index (κ1) is 19.5. The van der Waals surface area contributed by atoms with Crippen LogP contribution in [0.4, 0.5) is 5.69 Å². The summed E-state index contributed by atoms with van der Waals surface area (Å²) in [5.74, 6) is -0.141. The maximum absolute atomic E-state index is 12.5. The summed E-state index contributed by atoms with van der Waals surface area (Å²) in [6.45, 7) is 10.4. The third-order valence-corrected chi connectivity index (χ3v) is 4.75. The summed E-state index contributed by atoms with van der Waals surface area (Å²) in [6.07, 6.45) is -0.228. The molecule has 1 heterocycles. The highest BCUT2D eigenvalue weighted by Gasteiger charge is 2.35. The monoisotopic (exact) mass is 364 g/mol. The van der Waals surface area contributed by atoms with Crippen LogP contribution in [0, 0.1) is 5.41 Å². The number of esters is 1. The Morgan fingerprint density at radius 2 is 2.04 bits per heavy atom. The summed E-state index contributed by atoms with van der Waals surface area (Å²) in [5, 5.41) is 2.82. The summed E-state index contributed by atoms with van der Waals surface area (Å²) in [6, 6.07) is 4.86. The second-order valence-corrected chi connectivity index (χ2v) is 9.47. The van der Waals surface area contributed by atoms with Gasteiger partial charge < -0.3 is 19.2 Å². The molecule has 1 N–H and O–H groups in total. The minimum absolute atomic E-state index is 0.0805. The standard InChI is InChI=1S/C18H26NO5Si/c1-18(2,3)15(24-25(5)6)10-14-16(20)19-12-9-11(17(21)22-4)7-8-13(12)23-14/h7-9,14-15H,10H2,1-6H3,(H,19,20). The minimum Gasteiger partial charge on any atom is -0.478 e. The summed E-state index contributed by atoms with van der Waals surface area (Å²) >= 11 is 0. The van der Waals surface area contributed by atoms with Gasteiger partial charge in [-0.25, -0.2) is 4.79 Å². The fourth-order valence-electron chi connectivity index (χ4n) is 2.61. The van der Waals surface area contributed by atoms with E-state index in [-0.39, 0.29) is 17.4 Å². The molecule has 1 amide bonds. The van der Waals surface area contributed by atoms with Gasteiger partial charge in [-0.1, -0.05) is 20.8 Å². The van der Waals surface area contributed by atoms with Gasteiger partial charge in [-0.2, -0.15) is 0 Å². The van der Waals surface area contributed by atoms with Crippen molar-refractivity contribution in [3.8, 4) is 5.75 Å². The lowest BCUT2D eigenvalue weighted by atomic mass is 9.85. The van der Waals surface area contributed by atoms with E-state index in [2.05, 4.69) is 39.2 Å². The number of benzene rings is 1. The van der Waals surface area contributed by atoms with Gasteiger partial charge >= 0.3 is 5.97 Å². The van der Waals surface area contributed by atoms with E-state index in [0.717, 1.165) is 0 Å². The number of hydrogen-bond donors (Lipinski definition) is 1. The lowest BCUT2D eigenvalue weighted by Crippen LogP contribution is -2.44. The second-order valence-electron chi connectivity index (χ2n) is 7.41. The lowest BCUT2D eigenvalue weighted by molar-refractivity contribution is -0.125. The Balaban J connectivity index is 2.18. The topological polar surface area (TPSA) is 73.9 Å². The molecule has 1 aliphatic rings. The highest BCUT2D eigenvalue weighted by Crippen LogP contribution is 2.34. The molecule has 137 valence electrons. The van der Waals surface area contributed by atoms with Crippen molar-refractivity contribution in [3.63, 3.8) is 0 Å². The van der Waals surface area contributed by atoms with Gasteiger partial charge in [-0.15, -0.1) is 0 Å². The molecule has 1 aliphatic heterocycles. The number of rotatable bonds is 5. The Morgan fingerprint density at radius 3 is 2.60 bits per heavy atom. The van der Waals surface area contributed by atoms with Gasteiger partial charge in [-0.05, 0) is 36.7 Å². The Kier molecular flexibility index (Phi) is 5.90. The van der Waals surface area contributed by atoms with Crippen molar-refractivity contribution < 1.29 is 23.5 Å². The second kappa shape index (κ2) is 7.57. The Bertz CT molecular complexity index is 653. The van der Waals surface area contributed by atoms with Crippen molar-refractivity contribution in [2.45, 2.75) is 52.5 Å². The SMILES string of the molecule is COC(=O)c1ccc2c(c1)NC(=O)C(CC(O[Si](C)C)C(C)(C)C)O2. The number of fused-ring (bicyclic) bond motifs is 1. The number of carbonyl (C=O) groups excluding carboxylic acids is 2. The van der Waals surface area contributed by atoms with Crippen molar-refractivity contribution in [1.82, 2.24) is 0 Å². The molecule has 0 fully saturated rings. The molecule has 0 bridgehead atoms. The largest absolute Gasteiger partial charge is 0.478 e. The van der Waals surface area contributed by atoms with E-state index in [0.29, 0.717) is 23.4 Å². The first-order chi connectivity index (χ1) is 11.6. The van der Waals surface area contributed by atoms with E-state index in [9.17, 15) is 9.59 Å². The van der Waals surface area contributed by atoms with Crippen molar-refractivity contribution in [2.75, 3.05) is 12.4 Å². The van der Waals surface area contributed by atoms with Gasteiger partial charge in [-0.3, -0.25) is 4.79 Å². The van der Waals surface area contributed by atoms with Crippen molar-refractivity contribution in [3.05, 3.63) is 23.8 Å². The molecule has 1 aromatic rings. The zero-order valence-corrected chi connectivity index (χ0v) is 16.6. The Morgan fingerprint density at radius 1 is 1.36 bits per heavy atom. The highest BCUT2D eigenvalue weighted by molar-refractivity contribution is 6.48. The predicted octanol–water partition coefficient (Wildman–Crippen LogP) is 3.25. The summed E-state index contributed by atoms with van der Waals surface area (Å²) < 4.78 is 16.7. The van der Waals surface area contributed by atoms with Crippen LogP contribution in [0.15, 0.2) is 18.2 Å². The normalized spacial score (nSPS) is 18.2. The molecule has 1 radical (unpaired) electrons. The van der Waals surface area contributed by atoms with Crippen molar-refractivity contribution >= 4 is 26.6 Å². The number of amides is 1. The molecule has 2 unspecified atom stereocenters. The minimum atomic E-state index is -0.899. The average Bonchev–Trinajstić information content (AvgIpc) is 2.52. The summed E-state index contributed by atoms with van der Waals surface area (Å²) in [4.78, 5) is 24.1. The first-order valence-electron chi connectivity index (χ1n) is 8.28. The predicted molar refractivity (Wildman–Crippen MR) is 97.3 cm³/mol. The molecule has 6 nitrogen and oxygen atoms in total. The van der Waals surface area contributed by atoms with E-state index in [4.69, 9.17) is 13.9 Å². The van der Waals surface area contributed by atoms with Gasteiger partial charge in [0.15, 0.2) is 6.10 Å². The van der Waals surface area contributed by atoms with E-state index >= 15 is 0 Å². The maximum atomic E-state index is 12.5. The van der Waals surface area contributed by atoms with Gasteiger partial charge in [0.2, 0.25) is 9.04 Å². The van der Waals surface area contributed by atoms with Crippen molar-refractivity contribution in [1.29, 1.82) is 0 Å². The summed E-state index contributed by atoms with van der Waals surface area (Å²) in [5.41, 5.74) is 0.748. The molecule has 0 saturated carbocycles. The Hall–Kier alpha value is -1.86. The Labute approximate surface area is 150 Å². The molecule has 0 aliphatic carbocycles. The smallest absolute Gasteiger partial charge is 0.337 e. The third kappa shape index (κ3) is 4.82. The van der Waals surface area contributed by atoms with Crippen LogP contribution in [0.25, 0.3) is 0 Å². The maximum Gasteiger partial charge on any atom is 0.337 e. The van der Waals surface area contributed by atoms with Crippen LogP contribution in [0.3, 0.4) is 0 Å².